The summed E-state index contributed by atoms with van der Waals surface area (Å²) in [6.07, 6.45) is 0.825. The molecule has 0 spiro atoms. The van der Waals surface area contributed by atoms with Crippen LogP contribution in [-0.2, 0) is 11.2 Å². The van der Waals surface area contributed by atoms with Crippen LogP contribution >= 0.6 is 0 Å². The van der Waals surface area contributed by atoms with Crippen LogP contribution in [0.3, 0.4) is 0 Å². The number of nitrogens with one attached hydrogen (secondary N) is 1. The normalized spacial score (nSPS) is 22.1. The third-order valence-electron chi connectivity index (χ3n) is 5.43. The maximum atomic E-state index is 12.7. The fourth-order valence-corrected chi connectivity index (χ4v) is 4.24. The minimum atomic E-state index is 0.00126. The molecule has 2 aromatic rings. The van der Waals surface area contributed by atoms with Crippen LogP contribution in [0.15, 0.2) is 54.6 Å². The smallest absolute Gasteiger partial charge is 0.225 e. The third kappa shape index (κ3) is 2.97. The molecule has 0 unspecified atom stereocenters. The third-order valence-corrected chi connectivity index (χ3v) is 5.43. The van der Waals surface area contributed by atoms with Gasteiger partial charge in [0.15, 0.2) is 0 Å². The van der Waals surface area contributed by atoms with E-state index in [1.165, 1.54) is 16.9 Å². The first-order valence-electron chi connectivity index (χ1n) is 9.20. The molecule has 1 N–H and O–H groups in total. The molecule has 0 bridgehead atoms. The molecule has 2 atom stereocenters. The molecule has 0 aromatic heterocycles. The summed E-state index contributed by atoms with van der Waals surface area (Å²) in [7, 11) is 0. The summed E-state index contributed by atoms with van der Waals surface area (Å²) in [6.45, 7) is 5.50. The topological polar surface area (TPSA) is 35.6 Å². The van der Waals surface area contributed by atoms with E-state index in [4.69, 9.17) is 0 Å². The highest BCUT2D eigenvalue weighted by Crippen LogP contribution is 2.36. The summed E-state index contributed by atoms with van der Waals surface area (Å²) < 4.78 is 0. The molecule has 0 radical (unpaired) electrons. The molecule has 0 saturated carbocycles. The highest BCUT2D eigenvalue weighted by Gasteiger charge is 2.41. The van der Waals surface area contributed by atoms with Crippen molar-refractivity contribution in [3.63, 3.8) is 0 Å². The van der Waals surface area contributed by atoms with Gasteiger partial charge < -0.3 is 15.1 Å². The SMILES string of the molecule is CCNC(=O)[C@@H]1Cc2ccccc2N2CCN(c3ccccc3)C[C@H]12. The molecule has 4 heteroatoms. The fraction of sp³-hybridized carbons (Fsp3) is 0.381. The van der Waals surface area contributed by atoms with E-state index in [-0.39, 0.29) is 17.9 Å². The average Bonchev–Trinajstić information content (AvgIpc) is 2.67. The number of carbonyl (C=O) groups excluding carboxylic acids is 1. The molecular formula is C21H25N3O. The van der Waals surface area contributed by atoms with E-state index in [1.54, 1.807) is 0 Å². The van der Waals surface area contributed by atoms with Gasteiger partial charge in [0.1, 0.15) is 0 Å². The van der Waals surface area contributed by atoms with Crippen molar-refractivity contribution in [1.82, 2.24) is 5.32 Å². The zero-order valence-electron chi connectivity index (χ0n) is 14.7. The largest absolute Gasteiger partial charge is 0.368 e. The second-order valence-electron chi connectivity index (χ2n) is 6.88. The van der Waals surface area contributed by atoms with Crippen LogP contribution in [0.5, 0.6) is 0 Å². The summed E-state index contributed by atoms with van der Waals surface area (Å²) in [5.74, 6) is 0.184. The van der Waals surface area contributed by atoms with E-state index < -0.39 is 0 Å². The number of anilines is 2. The van der Waals surface area contributed by atoms with Gasteiger partial charge in [-0.3, -0.25) is 4.79 Å². The van der Waals surface area contributed by atoms with E-state index in [9.17, 15) is 4.79 Å². The van der Waals surface area contributed by atoms with Crippen molar-refractivity contribution < 1.29 is 4.79 Å². The highest BCUT2D eigenvalue weighted by molar-refractivity contribution is 5.82. The summed E-state index contributed by atoms with van der Waals surface area (Å²) >= 11 is 0. The molecule has 2 aliphatic rings. The number of amides is 1. The second kappa shape index (κ2) is 6.79. The number of piperazine rings is 1. The van der Waals surface area contributed by atoms with Gasteiger partial charge in [-0.05, 0) is 37.1 Å². The number of nitrogens with zero attached hydrogens (tertiary/aromatic N) is 2. The van der Waals surface area contributed by atoms with Crippen molar-refractivity contribution in [3.05, 3.63) is 60.2 Å². The Kier molecular flexibility index (Phi) is 4.35. The van der Waals surface area contributed by atoms with Gasteiger partial charge in [-0.15, -0.1) is 0 Å². The Hall–Kier alpha value is -2.49. The summed E-state index contributed by atoms with van der Waals surface area (Å²) in [5.41, 5.74) is 3.85. The summed E-state index contributed by atoms with van der Waals surface area (Å²) in [4.78, 5) is 17.6. The number of hydrogen-bond donors (Lipinski definition) is 1. The number of fused-ring (bicyclic) bond motifs is 3. The number of para-hydroxylation sites is 2. The van der Waals surface area contributed by atoms with Gasteiger partial charge in [-0.1, -0.05) is 36.4 Å². The lowest BCUT2D eigenvalue weighted by Gasteiger charge is -2.49. The first kappa shape index (κ1) is 16.0. The van der Waals surface area contributed by atoms with Crippen molar-refractivity contribution in [2.75, 3.05) is 36.0 Å². The molecular weight excluding hydrogens is 310 g/mol. The quantitative estimate of drug-likeness (QED) is 0.937. The minimum absolute atomic E-state index is 0.00126. The Bertz CT molecular complexity index is 746. The van der Waals surface area contributed by atoms with E-state index in [0.29, 0.717) is 6.54 Å². The van der Waals surface area contributed by atoms with Crippen LogP contribution in [-0.4, -0.2) is 38.1 Å². The molecule has 1 fully saturated rings. The van der Waals surface area contributed by atoms with Crippen LogP contribution in [0.4, 0.5) is 11.4 Å². The lowest BCUT2D eigenvalue weighted by Crippen LogP contribution is -2.61. The maximum Gasteiger partial charge on any atom is 0.225 e. The van der Waals surface area contributed by atoms with Gasteiger partial charge in [-0.2, -0.15) is 0 Å². The molecule has 1 amide bonds. The van der Waals surface area contributed by atoms with Crippen LogP contribution in [0.1, 0.15) is 12.5 Å². The highest BCUT2D eigenvalue weighted by atomic mass is 16.1. The van der Waals surface area contributed by atoms with E-state index >= 15 is 0 Å². The molecule has 130 valence electrons. The Labute approximate surface area is 149 Å². The van der Waals surface area contributed by atoms with Crippen molar-refractivity contribution in [3.8, 4) is 0 Å². The summed E-state index contributed by atoms with van der Waals surface area (Å²) in [5, 5.41) is 3.05. The van der Waals surface area contributed by atoms with Crippen LogP contribution in [0, 0.1) is 5.92 Å². The Morgan fingerprint density at radius 2 is 1.84 bits per heavy atom. The van der Waals surface area contributed by atoms with Gasteiger partial charge in [0.2, 0.25) is 5.91 Å². The van der Waals surface area contributed by atoms with Crippen LogP contribution in [0.25, 0.3) is 0 Å². The monoisotopic (exact) mass is 335 g/mol. The Morgan fingerprint density at radius 3 is 2.64 bits per heavy atom. The van der Waals surface area contributed by atoms with Crippen molar-refractivity contribution in [2.45, 2.75) is 19.4 Å². The number of carbonyl (C=O) groups is 1. The van der Waals surface area contributed by atoms with E-state index in [0.717, 1.165) is 26.1 Å². The van der Waals surface area contributed by atoms with Crippen molar-refractivity contribution in [2.24, 2.45) is 5.92 Å². The first-order chi connectivity index (χ1) is 12.3. The predicted molar refractivity (Wildman–Crippen MR) is 102 cm³/mol. The maximum absolute atomic E-state index is 12.7. The van der Waals surface area contributed by atoms with Crippen molar-refractivity contribution in [1.29, 1.82) is 0 Å². The summed E-state index contributed by atoms with van der Waals surface area (Å²) in [6, 6.07) is 19.3. The number of rotatable bonds is 3. The van der Waals surface area contributed by atoms with Gasteiger partial charge in [-0.25, -0.2) is 0 Å². The second-order valence-corrected chi connectivity index (χ2v) is 6.88. The molecule has 25 heavy (non-hydrogen) atoms. The lowest BCUT2D eigenvalue weighted by atomic mass is 9.83. The van der Waals surface area contributed by atoms with Crippen molar-refractivity contribution >= 4 is 17.3 Å². The molecule has 4 rings (SSSR count). The van der Waals surface area contributed by atoms with Gasteiger partial charge in [0.05, 0.1) is 12.0 Å². The predicted octanol–water partition coefficient (Wildman–Crippen LogP) is 2.69. The van der Waals surface area contributed by atoms with E-state index in [2.05, 4.69) is 63.6 Å². The number of benzene rings is 2. The fourth-order valence-electron chi connectivity index (χ4n) is 4.24. The zero-order chi connectivity index (χ0) is 17.2. The van der Waals surface area contributed by atoms with Crippen LogP contribution < -0.4 is 15.1 Å². The lowest BCUT2D eigenvalue weighted by molar-refractivity contribution is -0.125. The minimum Gasteiger partial charge on any atom is -0.368 e. The zero-order valence-corrected chi connectivity index (χ0v) is 14.7. The van der Waals surface area contributed by atoms with Gasteiger partial charge in [0, 0.05) is 37.6 Å². The Balaban J connectivity index is 1.66. The molecule has 2 heterocycles. The standard InChI is InChI=1S/C21H25N3O/c1-2-22-21(25)18-14-16-8-6-7-11-19(16)24-13-12-23(15-20(18)24)17-9-4-3-5-10-17/h3-11,18,20H,2,12-15H2,1H3,(H,22,25)/t18-,20-/m1/s1. The molecule has 0 aliphatic carbocycles. The molecule has 2 aliphatic heterocycles. The Morgan fingerprint density at radius 1 is 1.08 bits per heavy atom. The molecule has 4 nitrogen and oxygen atoms in total. The number of hydrogen-bond acceptors (Lipinski definition) is 3. The van der Waals surface area contributed by atoms with Crippen LogP contribution in [0.2, 0.25) is 0 Å². The van der Waals surface area contributed by atoms with E-state index in [1.807, 2.05) is 13.0 Å². The van der Waals surface area contributed by atoms with Gasteiger partial charge >= 0.3 is 0 Å². The molecule has 1 saturated heterocycles. The average molecular weight is 335 g/mol. The first-order valence-corrected chi connectivity index (χ1v) is 9.20. The van der Waals surface area contributed by atoms with Gasteiger partial charge in [0.25, 0.3) is 0 Å². The molecule has 2 aromatic carbocycles.